The highest BCUT2D eigenvalue weighted by atomic mass is 32.1. The van der Waals surface area contributed by atoms with Gasteiger partial charge < -0.3 is 19.2 Å². The lowest BCUT2D eigenvalue weighted by Crippen LogP contribution is -2.40. The first-order valence-corrected chi connectivity index (χ1v) is 8.40. The molecule has 3 heterocycles. The van der Waals surface area contributed by atoms with Gasteiger partial charge in [0, 0.05) is 20.2 Å². The van der Waals surface area contributed by atoms with Crippen LogP contribution in [0.1, 0.15) is 12.1 Å². The van der Waals surface area contributed by atoms with Gasteiger partial charge in [0.1, 0.15) is 11.7 Å². The third-order valence-corrected chi connectivity index (χ3v) is 5.05. The first kappa shape index (κ1) is 16.7. The Kier molecular flexibility index (Phi) is 4.68. The zero-order valence-electron chi connectivity index (χ0n) is 13.2. The summed E-state index contributed by atoms with van der Waals surface area (Å²) in [6.45, 7) is 0.660. The van der Waals surface area contributed by atoms with Crippen molar-refractivity contribution in [3.63, 3.8) is 0 Å². The molecule has 1 fully saturated rings. The monoisotopic (exact) mass is 350 g/mol. The summed E-state index contributed by atoms with van der Waals surface area (Å²) in [5, 5.41) is 11.4. The van der Waals surface area contributed by atoms with E-state index in [2.05, 4.69) is 4.98 Å². The number of nitrogens with zero attached hydrogens (tertiary/aromatic N) is 2. The number of carbonyl (C=O) groups is 2. The first-order valence-electron chi connectivity index (χ1n) is 7.52. The molecule has 0 bridgehead atoms. The Morgan fingerprint density at radius 3 is 3.04 bits per heavy atom. The summed E-state index contributed by atoms with van der Waals surface area (Å²) in [5.74, 6) is -0.588. The van der Waals surface area contributed by atoms with Gasteiger partial charge in [-0.1, -0.05) is 6.07 Å². The zero-order valence-corrected chi connectivity index (χ0v) is 14.0. The SMILES string of the molecule is COCC1(C(=O)O)CCN(C(=O)Cc2coc(-c3cccs3)n2)C1. The number of oxazole rings is 1. The molecule has 1 aliphatic rings. The number of aromatic nitrogens is 1. The first-order chi connectivity index (χ1) is 11.5. The minimum atomic E-state index is -1.02. The molecular formula is C16H18N2O5S. The van der Waals surface area contributed by atoms with Gasteiger partial charge in [-0.15, -0.1) is 11.3 Å². The number of thiophene rings is 1. The molecule has 24 heavy (non-hydrogen) atoms. The summed E-state index contributed by atoms with van der Waals surface area (Å²) < 4.78 is 10.4. The molecule has 0 saturated carbocycles. The number of rotatable bonds is 6. The maximum absolute atomic E-state index is 12.4. The molecule has 128 valence electrons. The normalized spacial score (nSPS) is 20.5. The van der Waals surface area contributed by atoms with Gasteiger partial charge in [-0.2, -0.15) is 0 Å². The van der Waals surface area contributed by atoms with Gasteiger partial charge in [-0.05, 0) is 17.9 Å². The predicted molar refractivity (Wildman–Crippen MR) is 86.7 cm³/mol. The van der Waals surface area contributed by atoms with Gasteiger partial charge in [0.05, 0.1) is 23.6 Å². The maximum atomic E-state index is 12.4. The van der Waals surface area contributed by atoms with Crippen LogP contribution in [-0.4, -0.2) is 53.7 Å². The van der Waals surface area contributed by atoms with Crippen molar-refractivity contribution in [1.82, 2.24) is 9.88 Å². The fourth-order valence-electron chi connectivity index (χ4n) is 2.88. The number of likely N-dealkylation sites (tertiary alicyclic amines) is 1. The molecule has 0 radical (unpaired) electrons. The van der Waals surface area contributed by atoms with Crippen LogP contribution < -0.4 is 0 Å². The Balaban J connectivity index is 1.65. The molecular weight excluding hydrogens is 332 g/mol. The van der Waals surface area contributed by atoms with Crippen LogP contribution in [0.25, 0.3) is 10.8 Å². The number of carbonyl (C=O) groups excluding carboxylic acids is 1. The molecule has 0 spiro atoms. The number of methoxy groups -OCH3 is 1. The van der Waals surface area contributed by atoms with Crippen molar-refractivity contribution in [1.29, 1.82) is 0 Å². The molecule has 2 aromatic heterocycles. The van der Waals surface area contributed by atoms with Crippen LogP contribution >= 0.6 is 11.3 Å². The van der Waals surface area contributed by atoms with Crippen molar-refractivity contribution in [3.8, 4) is 10.8 Å². The highest BCUT2D eigenvalue weighted by Gasteiger charge is 2.46. The molecule has 7 nitrogen and oxygen atoms in total. The number of aliphatic carboxylic acids is 1. The lowest BCUT2D eigenvalue weighted by atomic mass is 9.88. The molecule has 1 unspecified atom stereocenters. The topological polar surface area (TPSA) is 92.9 Å². The second-order valence-electron chi connectivity index (χ2n) is 5.88. The highest BCUT2D eigenvalue weighted by molar-refractivity contribution is 7.13. The minimum absolute atomic E-state index is 0.0948. The molecule has 3 rings (SSSR count). The number of carboxylic acids is 1. The van der Waals surface area contributed by atoms with Crippen LogP contribution in [0, 0.1) is 5.41 Å². The van der Waals surface area contributed by atoms with Gasteiger partial charge in [-0.3, -0.25) is 9.59 Å². The lowest BCUT2D eigenvalue weighted by molar-refractivity contribution is -0.151. The predicted octanol–water partition coefficient (Wildman–Crippen LogP) is 1.90. The average molecular weight is 350 g/mol. The number of hydrogen-bond donors (Lipinski definition) is 1. The van der Waals surface area contributed by atoms with Gasteiger partial charge >= 0.3 is 5.97 Å². The summed E-state index contributed by atoms with van der Waals surface area (Å²) in [7, 11) is 1.47. The third kappa shape index (κ3) is 3.20. The van der Waals surface area contributed by atoms with Gasteiger partial charge in [0.25, 0.3) is 0 Å². The molecule has 8 heteroatoms. The second kappa shape index (κ2) is 6.74. The summed E-state index contributed by atoms with van der Waals surface area (Å²) in [4.78, 5) is 30.8. The fraction of sp³-hybridized carbons (Fsp3) is 0.438. The van der Waals surface area contributed by atoms with Crippen LogP contribution in [0.2, 0.25) is 0 Å². The van der Waals surface area contributed by atoms with E-state index in [1.807, 2.05) is 17.5 Å². The molecule has 1 aliphatic heterocycles. The summed E-state index contributed by atoms with van der Waals surface area (Å²) in [6.07, 6.45) is 1.96. The summed E-state index contributed by atoms with van der Waals surface area (Å²) in [5.41, 5.74) is -0.473. The van der Waals surface area contributed by atoms with Crippen LogP contribution in [0.15, 0.2) is 28.2 Å². The van der Waals surface area contributed by atoms with E-state index in [1.54, 1.807) is 4.90 Å². The average Bonchev–Trinajstić information content (AvgIpc) is 3.28. The molecule has 1 amide bonds. The standard InChI is InChI=1S/C16H18N2O5S/c1-22-10-16(15(20)21)4-5-18(9-16)13(19)7-11-8-23-14(17-11)12-3-2-6-24-12/h2-3,6,8H,4-5,7,9-10H2,1H3,(H,20,21). The van der Waals surface area contributed by atoms with Crippen LogP contribution in [-0.2, 0) is 20.7 Å². The van der Waals surface area contributed by atoms with Crippen molar-refractivity contribution in [3.05, 3.63) is 29.5 Å². The van der Waals surface area contributed by atoms with E-state index >= 15 is 0 Å². The van der Waals surface area contributed by atoms with Crippen LogP contribution in [0.5, 0.6) is 0 Å². The quantitative estimate of drug-likeness (QED) is 0.855. The number of carboxylic acid groups (broad SMARTS) is 1. The highest BCUT2D eigenvalue weighted by Crippen LogP contribution is 2.32. The number of ether oxygens (including phenoxy) is 1. The van der Waals surface area contributed by atoms with Crippen molar-refractivity contribution >= 4 is 23.2 Å². The van der Waals surface area contributed by atoms with E-state index < -0.39 is 11.4 Å². The molecule has 1 saturated heterocycles. The molecule has 1 N–H and O–H groups in total. The summed E-state index contributed by atoms with van der Waals surface area (Å²) >= 11 is 1.51. The Hall–Kier alpha value is -2.19. The minimum Gasteiger partial charge on any atom is -0.481 e. The molecule has 1 atom stereocenters. The largest absolute Gasteiger partial charge is 0.481 e. The Labute approximate surface area is 142 Å². The smallest absolute Gasteiger partial charge is 0.313 e. The van der Waals surface area contributed by atoms with Crippen molar-refractivity contribution < 1.29 is 23.8 Å². The number of hydrogen-bond acceptors (Lipinski definition) is 6. The Bertz CT molecular complexity index is 727. The van der Waals surface area contributed by atoms with Gasteiger partial charge in [0.15, 0.2) is 0 Å². The third-order valence-electron chi connectivity index (χ3n) is 4.20. The van der Waals surface area contributed by atoms with E-state index in [1.165, 1.54) is 24.7 Å². The molecule has 2 aromatic rings. The van der Waals surface area contributed by atoms with E-state index in [4.69, 9.17) is 9.15 Å². The van der Waals surface area contributed by atoms with Crippen molar-refractivity contribution in [2.45, 2.75) is 12.8 Å². The fourth-order valence-corrected chi connectivity index (χ4v) is 3.54. The van der Waals surface area contributed by atoms with Crippen LogP contribution in [0.4, 0.5) is 0 Å². The van der Waals surface area contributed by atoms with Crippen molar-refractivity contribution in [2.24, 2.45) is 5.41 Å². The number of amides is 1. The second-order valence-corrected chi connectivity index (χ2v) is 6.83. The molecule has 0 aliphatic carbocycles. The zero-order chi connectivity index (χ0) is 17.2. The Morgan fingerprint density at radius 1 is 1.54 bits per heavy atom. The summed E-state index contributed by atoms with van der Waals surface area (Å²) in [6, 6.07) is 3.80. The van der Waals surface area contributed by atoms with E-state index in [0.717, 1.165) is 4.88 Å². The lowest BCUT2D eigenvalue weighted by Gasteiger charge is -2.23. The van der Waals surface area contributed by atoms with E-state index in [9.17, 15) is 14.7 Å². The van der Waals surface area contributed by atoms with Gasteiger partial charge in [0.2, 0.25) is 11.8 Å². The molecule has 0 aromatic carbocycles. The maximum Gasteiger partial charge on any atom is 0.313 e. The van der Waals surface area contributed by atoms with E-state index in [0.29, 0.717) is 24.6 Å². The van der Waals surface area contributed by atoms with Gasteiger partial charge in [-0.25, -0.2) is 4.98 Å². The van der Waals surface area contributed by atoms with Crippen LogP contribution in [0.3, 0.4) is 0 Å². The Morgan fingerprint density at radius 2 is 2.38 bits per heavy atom. The van der Waals surface area contributed by atoms with E-state index in [-0.39, 0.29) is 25.5 Å². The van der Waals surface area contributed by atoms with Crippen molar-refractivity contribution in [2.75, 3.05) is 26.8 Å².